The molecule has 1 aliphatic heterocycles. The van der Waals surface area contributed by atoms with Crippen molar-refractivity contribution >= 4 is 22.7 Å². The largest absolute Gasteiger partial charge is 0.380 e. The smallest absolute Gasteiger partial charge is 0.254 e. The van der Waals surface area contributed by atoms with E-state index in [1.807, 2.05) is 35.1 Å². The minimum absolute atomic E-state index is 0.0258. The number of hydrogen-bond acceptors (Lipinski definition) is 4. The van der Waals surface area contributed by atoms with Gasteiger partial charge in [-0.05, 0) is 56.0 Å². The molecule has 0 atom stereocenters. The molecule has 5 rings (SSSR count). The Morgan fingerprint density at radius 3 is 2.19 bits per heavy atom. The van der Waals surface area contributed by atoms with E-state index in [4.69, 9.17) is 0 Å². The standard InChI is InChI=1S/C25H28N4O3/c1-17(2)29-22-15-20(7-8-21(22)16-26-29)18-3-5-19(6-4-18)23(30)27-11-13-28(14-12-27)24(31)25(32)9-10-25/h3-8,15-17,32H,9-14H2,1-2H3. The van der Waals surface area contributed by atoms with E-state index in [-0.39, 0.29) is 17.9 Å². The highest BCUT2D eigenvalue weighted by atomic mass is 16.3. The molecule has 2 aliphatic rings. The van der Waals surface area contributed by atoms with Crippen LogP contribution < -0.4 is 0 Å². The molecule has 1 saturated carbocycles. The van der Waals surface area contributed by atoms with Crippen LogP contribution in [-0.2, 0) is 4.79 Å². The Morgan fingerprint density at radius 2 is 1.56 bits per heavy atom. The van der Waals surface area contributed by atoms with Crippen LogP contribution in [0.1, 0.15) is 43.1 Å². The summed E-state index contributed by atoms with van der Waals surface area (Å²) in [5.74, 6) is -0.216. The Balaban J connectivity index is 1.28. The number of hydrogen-bond donors (Lipinski definition) is 1. The first-order valence-corrected chi connectivity index (χ1v) is 11.2. The van der Waals surface area contributed by atoms with E-state index in [9.17, 15) is 14.7 Å². The van der Waals surface area contributed by atoms with Gasteiger partial charge < -0.3 is 14.9 Å². The van der Waals surface area contributed by atoms with E-state index in [1.54, 1.807) is 9.80 Å². The maximum absolute atomic E-state index is 13.0. The third-order valence-electron chi connectivity index (χ3n) is 6.53. The van der Waals surface area contributed by atoms with E-state index in [2.05, 4.69) is 37.1 Å². The normalized spacial score (nSPS) is 17.8. The molecule has 1 saturated heterocycles. The van der Waals surface area contributed by atoms with Gasteiger partial charge in [-0.1, -0.05) is 24.3 Å². The van der Waals surface area contributed by atoms with Gasteiger partial charge in [0.1, 0.15) is 5.60 Å². The molecule has 1 aromatic heterocycles. The van der Waals surface area contributed by atoms with E-state index in [0.29, 0.717) is 44.6 Å². The summed E-state index contributed by atoms with van der Waals surface area (Å²) in [6.45, 7) is 6.13. The second-order valence-electron chi connectivity index (χ2n) is 9.15. The fourth-order valence-electron chi connectivity index (χ4n) is 4.36. The first kappa shape index (κ1) is 20.7. The van der Waals surface area contributed by atoms with Crippen molar-refractivity contribution in [3.05, 3.63) is 54.2 Å². The van der Waals surface area contributed by atoms with Gasteiger partial charge in [0.25, 0.3) is 11.8 Å². The van der Waals surface area contributed by atoms with Crippen LogP contribution in [0.15, 0.2) is 48.7 Å². The molecule has 7 heteroatoms. The van der Waals surface area contributed by atoms with Crippen LogP contribution >= 0.6 is 0 Å². The Kier molecular flexibility index (Phi) is 5.01. The summed E-state index contributed by atoms with van der Waals surface area (Å²) in [6.07, 6.45) is 2.98. The number of rotatable bonds is 4. The van der Waals surface area contributed by atoms with Crippen LogP contribution in [0.2, 0.25) is 0 Å². The molecular formula is C25H28N4O3. The second kappa shape index (κ2) is 7.74. The number of fused-ring (bicyclic) bond motifs is 1. The Bertz CT molecular complexity index is 1170. The average molecular weight is 433 g/mol. The molecule has 1 aliphatic carbocycles. The Morgan fingerprint density at radius 1 is 0.938 bits per heavy atom. The SMILES string of the molecule is CC(C)n1ncc2ccc(-c3ccc(C(=O)N4CCN(C(=O)C5(O)CC5)CC4)cc3)cc21. The third-order valence-corrected chi connectivity index (χ3v) is 6.53. The van der Waals surface area contributed by atoms with Gasteiger partial charge in [-0.3, -0.25) is 14.3 Å². The first-order valence-electron chi connectivity index (χ1n) is 11.2. The quantitative estimate of drug-likeness (QED) is 0.687. The van der Waals surface area contributed by atoms with Crippen LogP contribution in [0, 0.1) is 0 Å². The summed E-state index contributed by atoms with van der Waals surface area (Å²) < 4.78 is 2.02. The lowest BCUT2D eigenvalue weighted by molar-refractivity contribution is -0.143. The number of carbonyl (C=O) groups is 2. The van der Waals surface area contributed by atoms with Gasteiger partial charge in [-0.25, -0.2) is 0 Å². The van der Waals surface area contributed by atoms with E-state index >= 15 is 0 Å². The molecule has 0 radical (unpaired) electrons. The van der Waals surface area contributed by atoms with Crippen LogP contribution in [0.4, 0.5) is 0 Å². The lowest BCUT2D eigenvalue weighted by atomic mass is 10.0. The highest BCUT2D eigenvalue weighted by molar-refractivity contribution is 5.95. The summed E-state index contributed by atoms with van der Waals surface area (Å²) in [5.41, 5.74) is 2.73. The van der Waals surface area contributed by atoms with Crippen LogP contribution in [0.5, 0.6) is 0 Å². The van der Waals surface area contributed by atoms with Crippen molar-refractivity contribution < 1.29 is 14.7 Å². The topological polar surface area (TPSA) is 78.7 Å². The molecule has 0 spiro atoms. The zero-order valence-corrected chi connectivity index (χ0v) is 18.5. The number of aromatic nitrogens is 2. The van der Waals surface area contributed by atoms with Crippen LogP contribution in [0.3, 0.4) is 0 Å². The van der Waals surface area contributed by atoms with E-state index in [0.717, 1.165) is 22.0 Å². The summed E-state index contributed by atoms with van der Waals surface area (Å²) in [7, 11) is 0. The number of nitrogens with zero attached hydrogens (tertiary/aromatic N) is 4. The maximum Gasteiger partial charge on any atom is 0.254 e. The van der Waals surface area contributed by atoms with Crippen molar-refractivity contribution in [3.8, 4) is 11.1 Å². The Labute approximate surface area is 187 Å². The van der Waals surface area contributed by atoms with Crippen molar-refractivity contribution in [1.82, 2.24) is 19.6 Å². The molecule has 0 unspecified atom stereocenters. The molecular weight excluding hydrogens is 404 g/mol. The summed E-state index contributed by atoms with van der Waals surface area (Å²) in [4.78, 5) is 28.7. The molecule has 0 bridgehead atoms. The predicted molar refractivity (Wildman–Crippen MR) is 122 cm³/mol. The highest BCUT2D eigenvalue weighted by Gasteiger charge is 2.50. The summed E-state index contributed by atoms with van der Waals surface area (Å²) >= 11 is 0. The van der Waals surface area contributed by atoms with Crippen molar-refractivity contribution in [2.45, 2.75) is 38.3 Å². The monoisotopic (exact) mass is 432 g/mol. The third kappa shape index (κ3) is 3.66. The molecule has 1 N–H and O–H groups in total. The Hall–Kier alpha value is -3.19. The number of amides is 2. The van der Waals surface area contributed by atoms with Gasteiger partial charge in [0.05, 0.1) is 11.7 Å². The lowest BCUT2D eigenvalue weighted by Gasteiger charge is -2.35. The predicted octanol–water partition coefficient (Wildman–Crippen LogP) is 3.09. The van der Waals surface area contributed by atoms with Crippen LogP contribution in [0.25, 0.3) is 22.0 Å². The van der Waals surface area contributed by atoms with Gasteiger partial charge in [-0.2, -0.15) is 5.10 Å². The van der Waals surface area contributed by atoms with Crippen molar-refractivity contribution in [2.24, 2.45) is 0 Å². The van der Waals surface area contributed by atoms with Gasteiger partial charge in [0, 0.05) is 43.2 Å². The molecule has 7 nitrogen and oxygen atoms in total. The van der Waals surface area contributed by atoms with Crippen LogP contribution in [-0.4, -0.2) is 68.3 Å². The number of carbonyl (C=O) groups excluding carboxylic acids is 2. The van der Waals surface area contributed by atoms with E-state index in [1.165, 1.54) is 0 Å². The number of benzene rings is 2. The number of piperazine rings is 1. The van der Waals surface area contributed by atoms with E-state index < -0.39 is 5.60 Å². The number of aliphatic hydroxyl groups is 1. The van der Waals surface area contributed by atoms with Gasteiger partial charge in [0.15, 0.2) is 0 Å². The average Bonchev–Trinajstić information content (AvgIpc) is 3.42. The molecule has 2 aromatic carbocycles. The maximum atomic E-state index is 13.0. The van der Waals surface area contributed by atoms with Gasteiger partial charge in [0.2, 0.25) is 0 Å². The molecule has 166 valence electrons. The molecule has 32 heavy (non-hydrogen) atoms. The summed E-state index contributed by atoms with van der Waals surface area (Å²) in [6, 6.07) is 14.3. The molecule has 2 amide bonds. The van der Waals surface area contributed by atoms with Crippen molar-refractivity contribution in [2.75, 3.05) is 26.2 Å². The zero-order chi connectivity index (χ0) is 22.5. The van der Waals surface area contributed by atoms with Gasteiger partial charge in [-0.15, -0.1) is 0 Å². The van der Waals surface area contributed by atoms with Crippen molar-refractivity contribution in [3.63, 3.8) is 0 Å². The minimum Gasteiger partial charge on any atom is -0.380 e. The molecule has 3 aromatic rings. The fraction of sp³-hybridized carbons (Fsp3) is 0.400. The molecule has 2 heterocycles. The second-order valence-corrected chi connectivity index (χ2v) is 9.15. The molecule has 2 fully saturated rings. The summed E-state index contributed by atoms with van der Waals surface area (Å²) in [5, 5.41) is 15.6. The lowest BCUT2D eigenvalue weighted by Crippen LogP contribution is -2.53. The zero-order valence-electron chi connectivity index (χ0n) is 18.5. The first-order chi connectivity index (χ1) is 15.4. The highest BCUT2D eigenvalue weighted by Crippen LogP contribution is 2.37. The van der Waals surface area contributed by atoms with Crippen molar-refractivity contribution in [1.29, 1.82) is 0 Å². The minimum atomic E-state index is -1.14. The fourth-order valence-corrected chi connectivity index (χ4v) is 4.36. The van der Waals surface area contributed by atoms with Gasteiger partial charge >= 0.3 is 0 Å².